The predicted octanol–water partition coefficient (Wildman–Crippen LogP) is 1.88. The molecule has 0 aromatic rings. The molecule has 0 saturated carbocycles. The van der Waals surface area contributed by atoms with Gasteiger partial charge in [0, 0.05) is 13.0 Å². The smallest absolute Gasteiger partial charge is 0.0552 e. The van der Waals surface area contributed by atoms with E-state index in [0.29, 0.717) is 0 Å². The van der Waals surface area contributed by atoms with E-state index < -0.39 is 0 Å². The average Bonchev–Trinajstić information content (AvgIpc) is 2.20. The maximum Gasteiger partial charge on any atom is 0.0552 e. The van der Waals surface area contributed by atoms with Crippen LogP contribution in [0.5, 0.6) is 0 Å². The van der Waals surface area contributed by atoms with Crippen LogP contribution in [0.4, 0.5) is 0 Å². The van der Waals surface area contributed by atoms with E-state index in [9.17, 15) is 5.11 Å². The molecule has 0 bridgehead atoms. The molecule has 2 nitrogen and oxygen atoms in total. The molecule has 1 unspecified atom stereocenters. The van der Waals surface area contributed by atoms with E-state index in [-0.39, 0.29) is 6.10 Å². The van der Waals surface area contributed by atoms with Gasteiger partial charge in [0.1, 0.15) is 0 Å². The lowest BCUT2D eigenvalue weighted by atomic mass is 10.1. The molecule has 0 aromatic carbocycles. The second-order valence-corrected chi connectivity index (χ2v) is 3.57. The zero-order valence-corrected chi connectivity index (χ0v) is 9.50. The molecule has 0 aliphatic carbocycles. The number of aliphatic hydroxyl groups excluding tert-OH is 1. The summed E-state index contributed by atoms with van der Waals surface area (Å²) in [6, 6.07) is 0. The highest BCUT2D eigenvalue weighted by atomic mass is 16.3. The van der Waals surface area contributed by atoms with Crippen molar-refractivity contribution in [3.63, 3.8) is 0 Å². The number of aliphatic hydroxyl groups is 1. The first-order chi connectivity index (χ1) is 6.74. The lowest BCUT2D eigenvalue weighted by molar-refractivity contribution is 0.133. The normalized spacial score (nSPS) is 12.8. The maximum atomic E-state index is 9.62. The molecule has 82 valence electrons. The molecule has 0 heterocycles. The van der Waals surface area contributed by atoms with Crippen LogP contribution < -0.4 is 0 Å². The van der Waals surface area contributed by atoms with Gasteiger partial charge in [-0.25, -0.2) is 0 Å². The standard InChI is InChI=1S/C12H23NO/c1-4-7-8-9-12(14)10-11-13(5-2)6-3/h1,12,14H,5-11H2,2-3H3. The van der Waals surface area contributed by atoms with Crippen LogP contribution in [-0.4, -0.2) is 35.7 Å². The molecule has 1 N–H and O–H groups in total. The van der Waals surface area contributed by atoms with Gasteiger partial charge in [-0.1, -0.05) is 13.8 Å². The third kappa shape index (κ3) is 6.94. The Morgan fingerprint density at radius 3 is 2.43 bits per heavy atom. The Bertz CT molecular complexity index is 158. The SMILES string of the molecule is C#CCCCC(O)CCN(CC)CC. The molecule has 0 amide bonds. The Morgan fingerprint density at radius 1 is 1.29 bits per heavy atom. The molecule has 0 aliphatic rings. The fourth-order valence-corrected chi connectivity index (χ4v) is 1.46. The minimum atomic E-state index is -0.177. The summed E-state index contributed by atoms with van der Waals surface area (Å²) in [5, 5.41) is 9.62. The zero-order valence-electron chi connectivity index (χ0n) is 9.50. The van der Waals surface area contributed by atoms with Gasteiger partial charge in [0.2, 0.25) is 0 Å². The Labute approximate surface area is 88.3 Å². The van der Waals surface area contributed by atoms with E-state index in [1.807, 2.05) is 0 Å². The quantitative estimate of drug-likeness (QED) is 0.474. The summed E-state index contributed by atoms with van der Waals surface area (Å²) >= 11 is 0. The summed E-state index contributed by atoms with van der Waals surface area (Å²) in [4.78, 5) is 2.32. The lowest BCUT2D eigenvalue weighted by Gasteiger charge is -2.19. The number of unbranched alkanes of at least 4 members (excludes halogenated alkanes) is 1. The molecule has 1 atom stereocenters. The van der Waals surface area contributed by atoms with Crippen LogP contribution in [0.25, 0.3) is 0 Å². The number of rotatable bonds is 8. The molecule has 2 heteroatoms. The van der Waals surface area contributed by atoms with Crippen molar-refractivity contribution in [2.75, 3.05) is 19.6 Å². The molecule has 0 rings (SSSR count). The van der Waals surface area contributed by atoms with Crippen molar-refractivity contribution in [3.8, 4) is 12.3 Å². The first-order valence-electron chi connectivity index (χ1n) is 5.58. The highest BCUT2D eigenvalue weighted by Crippen LogP contribution is 2.05. The van der Waals surface area contributed by atoms with Crippen molar-refractivity contribution < 1.29 is 5.11 Å². The second-order valence-electron chi connectivity index (χ2n) is 3.57. The van der Waals surface area contributed by atoms with Gasteiger partial charge in [-0.2, -0.15) is 0 Å². The van der Waals surface area contributed by atoms with Gasteiger partial charge in [-0.05, 0) is 32.4 Å². The van der Waals surface area contributed by atoms with E-state index in [1.54, 1.807) is 0 Å². The van der Waals surface area contributed by atoms with Gasteiger partial charge in [-0.15, -0.1) is 12.3 Å². The van der Waals surface area contributed by atoms with Crippen molar-refractivity contribution in [1.82, 2.24) is 4.90 Å². The van der Waals surface area contributed by atoms with Crippen LogP contribution in [0, 0.1) is 12.3 Å². The fourth-order valence-electron chi connectivity index (χ4n) is 1.46. The Hall–Kier alpha value is -0.520. The molecule has 0 aliphatic heterocycles. The molecular weight excluding hydrogens is 174 g/mol. The van der Waals surface area contributed by atoms with Crippen LogP contribution in [0.15, 0.2) is 0 Å². The lowest BCUT2D eigenvalue weighted by Crippen LogP contribution is -2.26. The number of hydrogen-bond donors (Lipinski definition) is 1. The van der Waals surface area contributed by atoms with E-state index in [0.717, 1.165) is 45.3 Å². The van der Waals surface area contributed by atoms with E-state index in [1.165, 1.54) is 0 Å². The summed E-state index contributed by atoms with van der Waals surface area (Å²) in [5.74, 6) is 2.59. The van der Waals surface area contributed by atoms with E-state index in [2.05, 4.69) is 24.7 Å². The molecule has 14 heavy (non-hydrogen) atoms. The van der Waals surface area contributed by atoms with Crippen LogP contribution >= 0.6 is 0 Å². The maximum absolute atomic E-state index is 9.62. The first-order valence-corrected chi connectivity index (χ1v) is 5.58. The average molecular weight is 197 g/mol. The number of hydrogen-bond acceptors (Lipinski definition) is 2. The van der Waals surface area contributed by atoms with Gasteiger partial charge >= 0.3 is 0 Å². The van der Waals surface area contributed by atoms with Crippen LogP contribution in [-0.2, 0) is 0 Å². The topological polar surface area (TPSA) is 23.5 Å². The predicted molar refractivity (Wildman–Crippen MR) is 61.1 cm³/mol. The molecular formula is C12H23NO. The molecule has 0 spiro atoms. The van der Waals surface area contributed by atoms with Crippen molar-refractivity contribution >= 4 is 0 Å². The van der Waals surface area contributed by atoms with Gasteiger partial charge < -0.3 is 10.0 Å². The number of nitrogens with zero attached hydrogens (tertiary/aromatic N) is 1. The van der Waals surface area contributed by atoms with Crippen molar-refractivity contribution in [1.29, 1.82) is 0 Å². The van der Waals surface area contributed by atoms with Gasteiger partial charge in [-0.3, -0.25) is 0 Å². The molecule has 0 saturated heterocycles. The van der Waals surface area contributed by atoms with Crippen molar-refractivity contribution in [3.05, 3.63) is 0 Å². The minimum Gasteiger partial charge on any atom is -0.393 e. The number of terminal acetylenes is 1. The highest BCUT2D eigenvalue weighted by Gasteiger charge is 2.05. The highest BCUT2D eigenvalue weighted by molar-refractivity contribution is 4.83. The second kappa shape index (κ2) is 9.05. The molecule has 0 fully saturated rings. The van der Waals surface area contributed by atoms with Gasteiger partial charge in [0.25, 0.3) is 0 Å². The minimum absolute atomic E-state index is 0.177. The van der Waals surface area contributed by atoms with Gasteiger partial charge in [0.05, 0.1) is 6.10 Å². The zero-order chi connectivity index (χ0) is 10.8. The Kier molecular flexibility index (Phi) is 8.72. The van der Waals surface area contributed by atoms with Gasteiger partial charge in [0.15, 0.2) is 0 Å². The molecule has 0 aromatic heterocycles. The first kappa shape index (κ1) is 13.5. The van der Waals surface area contributed by atoms with Crippen LogP contribution in [0.1, 0.15) is 39.5 Å². The summed E-state index contributed by atoms with van der Waals surface area (Å²) in [5.41, 5.74) is 0. The monoisotopic (exact) mass is 197 g/mol. The van der Waals surface area contributed by atoms with Crippen molar-refractivity contribution in [2.45, 2.75) is 45.6 Å². The largest absolute Gasteiger partial charge is 0.393 e. The summed E-state index contributed by atoms with van der Waals surface area (Å²) in [6.45, 7) is 7.41. The fraction of sp³-hybridized carbons (Fsp3) is 0.833. The van der Waals surface area contributed by atoms with E-state index >= 15 is 0 Å². The summed E-state index contributed by atoms with van der Waals surface area (Å²) in [7, 11) is 0. The van der Waals surface area contributed by atoms with E-state index in [4.69, 9.17) is 6.42 Å². The molecule has 0 radical (unpaired) electrons. The van der Waals surface area contributed by atoms with Crippen LogP contribution in [0.2, 0.25) is 0 Å². The van der Waals surface area contributed by atoms with Crippen LogP contribution in [0.3, 0.4) is 0 Å². The third-order valence-corrected chi connectivity index (χ3v) is 2.53. The van der Waals surface area contributed by atoms with Crippen molar-refractivity contribution in [2.24, 2.45) is 0 Å². The Balaban J connectivity index is 3.42. The summed E-state index contributed by atoms with van der Waals surface area (Å²) < 4.78 is 0. The Morgan fingerprint density at radius 2 is 1.93 bits per heavy atom. The third-order valence-electron chi connectivity index (χ3n) is 2.53. The summed E-state index contributed by atoms with van der Waals surface area (Å²) in [6.07, 6.45) is 8.39.